The van der Waals surface area contributed by atoms with Gasteiger partial charge in [-0.25, -0.2) is 4.39 Å². The summed E-state index contributed by atoms with van der Waals surface area (Å²) < 4.78 is 13.1. The summed E-state index contributed by atoms with van der Waals surface area (Å²) in [4.78, 5) is 0. The van der Waals surface area contributed by atoms with Crippen LogP contribution in [0.1, 0.15) is 11.6 Å². The Morgan fingerprint density at radius 2 is 1.82 bits per heavy atom. The Hall–Kier alpha value is -1.87. The minimum absolute atomic E-state index is 0.0758. The zero-order chi connectivity index (χ0) is 12.1. The topological polar surface area (TPSA) is 38.0 Å². The van der Waals surface area contributed by atoms with Gasteiger partial charge in [0.2, 0.25) is 0 Å². The summed E-state index contributed by atoms with van der Waals surface area (Å²) in [6, 6.07) is 16.2. The van der Waals surface area contributed by atoms with Gasteiger partial charge in [0.05, 0.1) is 6.04 Å². The predicted molar refractivity (Wildman–Crippen MR) is 68.3 cm³/mol. The maximum absolute atomic E-state index is 13.1. The number of anilines is 1. The molecule has 17 heavy (non-hydrogen) atoms. The molecular weight excluding hydrogens is 215 g/mol. The van der Waals surface area contributed by atoms with Crippen molar-refractivity contribution in [2.45, 2.75) is 6.04 Å². The number of rotatable bonds is 4. The summed E-state index contributed by atoms with van der Waals surface area (Å²) in [5.41, 5.74) is 7.55. The largest absolute Gasteiger partial charge is 0.377 e. The average molecular weight is 230 g/mol. The van der Waals surface area contributed by atoms with Gasteiger partial charge in [0.1, 0.15) is 5.82 Å². The van der Waals surface area contributed by atoms with Crippen LogP contribution in [-0.4, -0.2) is 6.54 Å². The van der Waals surface area contributed by atoms with Gasteiger partial charge in [-0.2, -0.15) is 0 Å². The second kappa shape index (κ2) is 5.46. The van der Waals surface area contributed by atoms with Gasteiger partial charge in [0, 0.05) is 12.2 Å². The lowest BCUT2D eigenvalue weighted by Crippen LogP contribution is -2.20. The van der Waals surface area contributed by atoms with E-state index >= 15 is 0 Å². The van der Waals surface area contributed by atoms with E-state index in [4.69, 9.17) is 5.73 Å². The predicted octanol–water partition coefficient (Wildman–Crippen LogP) is 2.94. The van der Waals surface area contributed by atoms with Crippen LogP contribution in [0, 0.1) is 5.82 Å². The third kappa shape index (κ3) is 3.04. The van der Waals surface area contributed by atoms with Gasteiger partial charge in [-0.1, -0.05) is 30.3 Å². The fourth-order valence-electron chi connectivity index (χ4n) is 1.74. The number of hydrogen-bond acceptors (Lipinski definition) is 2. The summed E-state index contributed by atoms with van der Waals surface area (Å²) in [5, 5.41) is 3.28. The summed E-state index contributed by atoms with van der Waals surface area (Å²) in [7, 11) is 0. The Labute approximate surface area is 100 Å². The lowest BCUT2D eigenvalue weighted by molar-refractivity contribution is 0.622. The first-order valence-corrected chi connectivity index (χ1v) is 5.56. The Morgan fingerprint density at radius 3 is 2.47 bits per heavy atom. The number of hydrogen-bond donors (Lipinski definition) is 2. The molecule has 88 valence electrons. The molecule has 2 aromatic carbocycles. The number of nitrogens with two attached hydrogens (primary N) is 1. The molecule has 0 aromatic heterocycles. The number of halogens is 1. The van der Waals surface area contributed by atoms with Gasteiger partial charge in [0.15, 0.2) is 0 Å². The van der Waals surface area contributed by atoms with E-state index in [1.54, 1.807) is 6.07 Å². The number of nitrogens with one attached hydrogen (secondary N) is 1. The highest BCUT2D eigenvalue weighted by molar-refractivity contribution is 5.45. The molecule has 0 fully saturated rings. The van der Waals surface area contributed by atoms with E-state index in [1.165, 1.54) is 12.1 Å². The van der Waals surface area contributed by atoms with Crippen LogP contribution in [0.15, 0.2) is 54.6 Å². The maximum atomic E-state index is 13.1. The van der Waals surface area contributed by atoms with Gasteiger partial charge in [-0.15, -0.1) is 0 Å². The summed E-state index contributed by atoms with van der Waals surface area (Å²) >= 11 is 0. The highest BCUT2D eigenvalue weighted by Crippen LogP contribution is 2.19. The van der Waals surface area contributed by atoms with Crippen molar-refractivity contribution in [2.75, 3.05) is 11.9 Å². The van der Waals surface area contributed by atoms with Crippen molar-refractivity contribution >= 4 is 5.69 Å². The van der Waals surface area contributed by atoms with Crippen LogP contribution in [0.5, 0.6) is 0 Å². The Bertz CT molecular complexity index is 471. The van der Waals surface area contributed by atoms with E-state index in [0.29, 0.717) is 6.54 Å². The van der Waals surface area contributed by atoms with Crippen molar-refractivity contribution in [3.05, 3.63) is 66.0 Å². The molecule has 1 atom stereocenters. The zero-order valence-electron chi connectivity index (χ0n) is 9.44. The molecule has 2 nitrogen and oxygen atoms in total. The van der Waals surface area contributed by atoms with Crippen molar-refractivity contribution < 1.29 is 4.39 Å². The van der Waals surface area contributed by atoms with Gasteiger partial charge in [0.25, 0.3) is 0 Å². The quantitative estimate of drug-likeness (QED) is 0.847. The third-order valence-corrected chi connectivity index (χ3v) is 2.60. The van der Waals surface area contributed by atoms with Crippen LogP contribution >= 0.6 is 0 Å². The van der Waals surface area contributed by atoms with Crippen molar-refractivity contribution in [1.82, 2.24) is 0 Å². The molecule has 0 radical (unpaired) electrons. The molecule has 0 aliphatic heterocycles. The Balaban J connectivity index is 2.17. The van der Waals surface area contributed by atoms with Crippen LogP contribution in [0.25, 0.3) is 0 Å². The van der Waals surface area contributed by atoms with E-state index in [9.17, 15) is 4.39 Å². The van der Waals surface area contributed by atoms with E-state index in [-0.39, 0.29) is 11.9 Å². The molecule has 2 rings (SSSR count). The first-order valence-electron chi connectivity index (χ1n) is 5.56. The van der Waals surface area contributed by atoms with Crippen LogP contribution in [0.4, 0.5) is 10.1 Å². The van der Waals surface area contributed by atoms with Crippen LogP contribution in [0.3, 0.4) is 0 Å². The molecule has 1 unspecified atom stereocenters. The summed E-state index contributed by atoms with van der Waals surface area (Å²) in [6.45, 7) is 0.415. The zero-order valence-corrected chi connectivity index (χ0v) is 9.44. The molecule has 0 aliphatic rings. The fourth-order valence-corrected chi connectivity index (χ4v) is 1.74. The molecule has 0 saturated carbocycles. The molecule has 3 heteroatoms. The minimum atomic E-state index is -0.240. The Kier molecular flexibility index (Phi) is 3.73. The lowest BCUT2D eigenvalue weighted by Gasteiger charge is -2.18. The molecule has 0 aliphatic carbocycles. The molecule has 0 amide bonds. The van der Waals surface area contributed by atoms with Crippen LogP contribution in [-0.2, 0) is 0 Å². The second-order valence-corrected chi connectivity index (χ2v) is 3.85. The molecule has 3 N–H and O–H groups in total. The van der Waals surface area contributed by atoms with Gasteiger partial charge in [-0.3, -0.25) is 0 Å². The van der Waals surface area contributed by atoms with Gasteiger partial charge in [-0.05, 0) is 29.8 Å². The molecule has 2 aromatic rings. The molecule has 0 spiro atoms. The van der Waals surface area contributed by atoms with Crippen molar-refractivity contribution in [3.8, 4) is 0 Å². The van der Waals surface area contributed by atoms with Gasteiger partial charge >= 0.3 is 0 Å². The summed E-state index contributed by atoms with van der Waals surface area (Å²) in [5.74, 6) is -0.240. The maximum Gasteiger partial charge on any atom is 0.123 e. The molecule has 0 heterocycles. The highest BCUT2D eigenvalue weighted by atomic mass is 19.1. The minimum Gasteiger partial charge on any atom is -0.377 e. The second-order valence-electron chi connectivity index (χ2n) is 3.85. The third-order valence-electron chi connectivity index (χ3n) is 2.60. The lowest BCUT2D eigenvalue weighted by atomic mass is 10.1. The number of benzene rings is 2. The van der Waals surface area contributed by atoms with E-state index in [0.717, 1.165) is 11.3 Å². The van der Waals surface area contributed by atoms with Crippen molar-refractivity contribution in [3.63, 3.8) is 0 Å². The number of para-hydroxylation sites is 1. The highest BCUT2D eigenvalue weighted by Gasteiger charge is 2.09. The van der Waals surface area contributed by atoms with Crippen LogP contribution in [0.2, 0.25) is 0 Å². The smallest absolute Gasteiger partial charge is 0.123 e. The van der Waals surface area contributed by atoms with Gasteiger partial charge < -0.3 is 11.1 Å². The van der Waals surface area contributed by atoms with E-state index in [1.807, 2.05) is 36.4 Å². The fraction of sp³-hybridized carbons (Fsp3) is 0.143. The first-order chi connectivity index (χ1) is 8.29. The Morgan fingerprint density at radius 1 is 1.06 bits per heavy atom. The SMILES string of the molecule is NCC(Nc1ccccc1)c1cccc(F)c1. The standard InChI is InChI=1S/C14H15FN2/c15-12-6-4-5-11(9-12)14(10-16)17-13-7-2-1-3-8-13/h1-9,14,17H,10,16H2. The van der Waals surface area contributed by atoms with Crippen LogP contribution < -0.4 is 11.1 Å². The normalized spacial score (nSPS) is 12.1. The van der Waals surface area contributed by atoms with E-state index in [2.05, 4.69) is 5.32 Å². The average Bonchev–Trinajstić information content (AvgIpc) is 2.37. The van der Waals surface area contributed by atoms with Crippen molar-refractivity contribution in [2.24, 2.45) is 5.73 Å². The molecule has 0 saturated heterocycles. The molecule has 0 bridgehead atoms. The first kappa shape index (κ1) is 11.6. The van der Waals surface area contributed by atoms with E-state index < -0.39 is 0 Å². The monoisotopic (exact) mass is 230 g/mol. The molecular formula is C14H15FN2. The summed E-state index contributed by atoms with van der Waals surface area (Å²) in [6.07, 6.45) is 0. The van der Waals surface area contributed by atoms with Crippen molar-refractivity contribution in [1.29, 1.82) is 0 Å².